The molecular formula is C17H28N2O2. The van der Waals surface area contributed by atoms with Gasteiger partial charge in [-0.2, -0.15) is 0 Å². The first kappa shape index (κ1) is 16.4. The standard InChI is InChI=1S/C17H28N2O2/c1-17(21-3)9-4-10-19(13-17)16(11-18)15-7-5-14(6-8-15)12-20-2/h5-8,16H,4,9-13,18H2,1-3H3. The summed E-state index contributed by atoms with van der Waals surface area (Å²) in [5, 5.41) is 0. The lowest BCUT2D eigenvalue weighted by Gasteiger charge is -2.43. The van der Waals surface area contributed by atoms with Gasteiger partial charge in [0, 0.05) is 33.4 Å². The highest BCUT2D eigenvalue weighted by molar-refractivity contribution is 5.25. The van der Waals surface area contributed by atoms with Gasteiger partial charge < -0.3 is 15.2 Å². The minimum atomic E-state index is -0.0539. The highest BCUT2D eigenvalue weighted by atomic mass is 16.5. The first-order chi connectivity index (χ1) is 10.1. The van der Waals surface area contributed by atoms with Crippen molar-refractivity contribution in [3.05, 3.63) is 35.4 Å². The fraction of sp³-hybridized carbons (Fsp3) is 0.647. The molecule has 0 radical (unpaired) electrons. The van der Waals surface area contributed by atoms with Gasteiger partial charge in [0.05, 0.1) is 12.2 Å². The fourth-order valence-electron chi connectivity index (χ4n) is 3.18. The van der Waals surface area contributed by atoms with Crippen molar-refractivity contribution in [2.45, 2.75) is 38.0 Å². The molecule has 2 rings (SSSR count). The van der Waals surface area contributed by atoms with Gasteiger partial charge in [-0.25, -0.2) is 0 Å². The quantitative estimate of drug-likeness (QED) is 0.874. The smallest absolute Gasteiger partial charge is 0.0777 e. The van der Waals surface area contributed by atoms with Gasteiger partial charge >= 0.3 is 0 Å². The van der Waals surface area contributed by atoms with Gasteiger partial charge in [-0.1, -0.05) is 24.3 Å². The summed E-state index contributed by atoms with van der Waals surface area (Å²) in [5.74, 6) is 0. The molecule has 0 saturated carbocycles. The van der Waals surface area contributed by atoms with E-state index >= 15 is 0 Å². The van der Waals surface area contributed by atoms with E-state index in [1.165, 1.54) is 11.1 Å². The number of hydrogen-bond acceptors (Lipinski definition) is 4. The molecule has 0 spiro atoms. The normalized spacial score (nSPS) is 25.0. The van der Waals surface area contributed by atoms with Crippen LogP contribution in [0.4, 0.5) is 0 Å². The molecule has 1 fully saturated rings. The Bertz CT molecular complexity index is 435. The number of methoxy groups -OCH3 is 2. The highest BCUT2D eigenvalue weighted by Gasteiger charge is 2.33. The zero-order valence-corrected chi connectivity index (χ0v) is 13.5. The number of likely N-dealkylation sites (tertiary alicyclic amines) is 1. The van der Waals surface area contributed by atoms with Gasteiger partial charge in [0.2, 0.25) is 0 Å². The Morgan fingerprint density at radius 1 is 1.29 bits per heavy atom. The molecule has 1 aromatic rings. The van der Waals surface area contributed by atoms with Crippen molar-refractivity contribution in [3.63, 3.8) is 0 Å². The van der Waals surface area contributed by atoms with Crippen LogP contribution in [0.25, 0.3) is 0 Å². The van der Waals surface area contributed by atoms with Crippen molar-refractivity contribution in [2.24, 2.45) is 5.73 Å². The van der Waals surface area contributed by atoms with Crippen molar-refractivity contribution >= 4 is 0 Å². The maximum Gasteiger partial charge on any atom is 0.0777 e. The fourth-order valence-corrected chi connectivity index (χ4v) is 3.18. The predicted molar refractivity (Wildman–Crippen MR) is 85.2 cm³/mol. The van der Waals surface area contributed by atoms with Crippen LogP contribution in [0.5, 0.6) is 0 Å². The molecule has 4 nitrogen and oxygen atoms in total. The molecule has 0 bridgehead atoms. The van der Waals surface area contributed by atoms with E-state index in [0.717, 1.165) is 25.9 Å². The Labute approximate surface area is 128 Å². The number of nitrogens with zero attached hydrogens (tertiary/aromatic N) is 1. The summed E-state index contributed by atoms with van der Waals surface area (Å²) < 4.78 is 10.9. The molecule has 1 heterocycles. The van der Waals surface area contributed by atoms with Gasteiger partial charge in [0.15, 0.2) is 0 Å². The number of ether oxygens (including phenoxy) is 2. The van der Waals surface area contributed by atoms with Gasteiger partial charge in [-0.3, -0.25) is 4.90 Å². The molecule has 1 aliphatic heterocycles. The van der Waals surface area contributed by atoms with Gasteiger partial charge in [-0.15, -0.1) is 0 Å². The Morgan fingerprint density at radius 2 is 2.00 bits per heavy atom. The largest absolute Gasteiger partial charge is 0.380 e. The van der Waals surface area contributed by atoms with E-state index in [1.54, 1.807) is 14.2 Å². The van der Waals surface area contributed by atoms with Crippen LogP contribution in [-0.2, 0) is 16.1 Å². The maximum atomic E-state index is 6.06. The molecule has 0 aliphatic carbocycles. The summed E-state index contributed by atoms with van der Waals surface area (Å²) in [7, 11) is 3.52. The molecule has 2 N–H and O–H groups in total. The molecule has 21 heavy (non-hydrogen) atoms. The second kappa shape index (κ2) is 7.36. The van der Waals surface area contributed by atoms with Gasteiger partial charge in [0.1, 0.15) is 0 Å². The van der Waals surface area contributed by atoms with Crippen LogP contribution in [0.15, 0.2) is 24.3 Å². The van der Waals surface area contributed by atoms with Crippen molar-refractivity contribution in [2.75, 3.05) is 33.9 Å². The van der Waals surface area contributed by atoms with Crippen LogP contribution in [0.1, 0.15) is 36.9 Å². The van der Waals surface area contributed by atoms with Crippen LogP contribution in [0.2, 0.25) is 0 Å². The maximum absolute atomic E-state index is 6.06. The second-order valence-electron chi connectivity index (χ2n) is 6.15. The Morgan fingerprint density at radius 3 is 2.57 bits per heavy atom. The Hall–Kier alpha value is -0.940. The third-order valence-electron chi connectivity index (χ3n) is 4.52. The van der Waals surface area contributed by atoms with E-state index in [0.29, 0.717) is 13.2 Å². The molecule has 2 atom stereocenters. The average Bonchev–Trinajstić information content (AvgIpc) is 2.50. The molecule has 0 amide bonds. The van der Waals surface area contributed by atoms with Crippen LogP contribution < -0.4 is 5.73 Å². The number of benzene rings is 1. The van der Waals surface area contributed by atoms with Gasteiger partial charge in [0.25, 0.3) is 0 Å². The lowest BCUT2D eigenvalue weighted by atomic mass is 9.92. The zero-order chi connectivity index (χ0) is 15.3. The SMILES string of the molecule is COCc1ccc(C(CN)N2CCCC(C)(OC)C2)cc1. The minimum Gasteiger partial charge on any atom is -0.380 e. The molecule has 1 aromatic carbocycles. The van der Waals surface area contributed by atoms with E-state index in [2.05, 4.69) is 36.1 Å². The van der Waals surface area contributed by atoms with Crippen molar-refractivity contribution in [3.8, 4) is 0 Å². The summed E-state index contributed by atoms with van der Waals surface area (Å²) in [6.07, 6.45) is 2.27. The predicted octanol–water partition coefficient (Wildman–Crippen LogP) is 2.33. The lowest BCUT2D eigenvalue weighted by molar-refractivity contribution is -0.0608. The zero-order valence-electron chi connectivity index (χ0n) is 13.5. The van der Waals surface area contributed by atoms with Crippen molar-refractivity contribution < 1.29 is 9.47 Å². The Balaban J connectivity index is 2.11. The first-order valence-electron chi connectivity index (χ1n) is 7.69. The third kappa shape index (κ3) is 4.04. The second-order valence-corrected chi connectivity index (χ2v) is 6.15. The van der Waals surface area contributed by atoms with E-state index in [1.807, 2.05) is 0 Å². The molecule has 1 aliphatic rings. The first-order valence-corrected chi connectivity index (χ1v) is 7.69. The summed E-state index contributed by atoms with van der Waals surface area (Å²) in [6.45, 7) is 5.49. The number of piperidine rings is 1. The van der Waals surface area contributed by atoms with Gasteiger partial charge in [-0.05, 0) is 37.4 Å². The van der Waals surface area contributed by atoms with Crippen LogP contribution in [0.3, 0.4) is 0 Å². The number of nitrogens with two attached hydrogens (primary N) is 1. The molecule has 2 unspecified atom stereocenters. The lowest BCUT2D eigenvalue weighted by Crippen LogP contribution is -2.49. The number of rotatable bonds is 6. The highest BCUT2D eigenvalue weighted by Crippen LogP contribution is 2.30. The van der Waals surface area contributed by atoms with Crippen molar-refractivity contribution in [1.82, 2.24) is 4.90 Å². The molecular weight excluding hydrogens is 264 g/mol. The number of hydrogen-bond donors (Lipinski definition) is 1. The summed E-state index contributed by atoms with van der Waals surface area (Å²) >= 11 is 0. The molecule has 4 heteroatoms. The molecule has 0 aromatic heterocycles. The van der Waals surface area contributed by atoms with Crippen LogP contribution in [-0.4, -0.2) is 44.4 Å². The third-order valence-corrected chi connectivity index (χ3v) is 4.52. The Kier molecular flexibility index (Phi) is 5.76. The van der Waals surface area contributed by atoms with Crippen LogP contribution in [0, 0.1) is 0 Å². The van der Waals surface area contributed by atoms with Crippen LogP contribution >= 0.6 is 0 Å². The van der Waals surface area contributed by atoms with E-state index < -0.39 is 0 Å². The molecule has 1 saturated heterocycles. The topological polar surface area (TPSA) is 47.7 Å². The summed E-state index contributed by atoms with van der Waals surface area (Å²) in [6, 6.07) is 8.85. The monoisotopic (exact) mass is 292 g/mol. The van der Waals surface area contributed by atoms with E-state index in [9.17, 15) is 0 Å². The summed E-state index contributed by atoms with van der Waals surface area (Å²) in [5.41, 5.74) is 8.47. The van der Waals surface area contributed by atoms with Crippen molar-refractivity contribution in [1.29, 1.82) is 0 Å². The van der Waals surface area contributed by atoms with E-state index in [-0.39, 0.29) is 11.6 Å². The van der Waals surface area contributed by atoms with E-state index in [4.69, 9.17) is 15.2 Å². The summed E-state index contributed by atoms with van der Waals surface area (Å²) in [4.78, 5) is 2.46. The molecule has 118 valence electrons. The average molecular weight is 292 g/mol. The minimum absolute atomic E-state index is 0.0539.